The van der Waals surface area contributed by atoms with Crippen molar-refractivity contribution in [1.82, 2.24) is 0 Å². The zero-order valence-electron chi connectivity index (χ0n) is 18.2. The number of aryl methyl sites for hydroxylation is 1. The van der Waals surface area contributed by atoms with Gasteiger partial charge in [0.2, 0.25) is 17.6 Å². The van der Waals surface area contributed by atoms with E-state index in [1.807, 2.05) is 12.2 Å². The van der Waals surface area contributed by atoms with Crippen LogP contribution in [0.2, 0.25) is 0 Å². The second kappa shape index (κ2) is 8.02. The maximum atomic E-state index is 13.1. The lowest BCUT2D eigenvalue weighted by Crippen LogP contribution is -2.34. The molecule has 2 aromatic rings. The highest BCUT2D eigenvalue weighted by Gasteiger charge is 2.59. The predicted octanol–water partition coefficient (Wildman–Crippen LogP) is 3.25. The normalized spacial score (nSPS) is 24.4. The van der Waals surface area contributed by atoms with Crippen LogP contribution in [0.1, 0.15) is 32.7 Å². The highest BCUT2D eigenvalue weighted by molar-refractivity contribution is 6.24. The highest BCUT2D eigenvalue weighted by atomic mass is 16.6. The average molecular weight is 460 g/mol. The third-order valence-electron chi connectivity index (χ3n) is 6.90. The molecule has 9 nitrogen and oxygen atoms in total. The number of nitro benzene ring substituents is 1. The number of hydrogen-bond donors (Lipinski definition) is 0. The first-order valence-corrected chi connectivity index (χ1v) is 10.9. The summed E-state index contributed by atoms with van der Waals surface area (Å²) in [5.74, 6) is -2.89. The molecule has 3 aliphatic rings. The summed E-state index contributed by atoms with van der Waals surface area (Å²) in [5, 5.41) is 11.1. The second-order valence-electron chi connectivity index (χ2n) is 8.79. The molecule has 4 unspecified atom stereocenters. The van der Waals surface area contributed by atoms with Crippen molar-refractivity contribution in [3.63, 3.8) is 0 Å². The fraction of sp³-hybridized carbons (Fsp3) is 0.280. The smallest absolute Gasteiger partial charge is 0.340 e. The molecule has 172 valence electrons. The summed E-state index contributed by atoms with van der Waals surface area (Å²) in [7, 11) is 0. The van der Waals surface area contributed by atoms with Gasteiger partial charge >= 0.3 is 5.97 Å². The minimum Gasteiger partial charge on any atom is -0.454 e. The fourth-order valence-electron chi connectivity index (χ4n) is 5.25. The molecule has 2 aliphatic carbocycles. The molecule has 2 amide bonds. The monoisotopic (exact) mass is 460 g/mol. The van der Waals surface area contributed by atoms with Gasteiger partial charge in [-0.1, -0.05) is 36.4 Å². The van der Waals surface area contributed by atoms with Gasteiger partial charge in [0.15, 0.2) is 6.61 Å². The number of ketones is 1. The quantitative estimate of drug-likeness (QED) is 0.162. The lowest BCUT2D eigenvalue weighted by Gasteiger charge is -2.19. The van der Waals surface area contributed by atoms with Crippen molar-refractivity contribution in [2.24, 2.45) is 23.7 Å². The first-order valence-electron chi connectivity index (χ1n) is 10.9. The van der Waals surface area contributed by atoms with E-state index < -0.39 is 35.1 Å². The molecule has 34 heavy (non-hydrogen) atoms. The van der Waals surface area contributed by atoms with Crippen LogP contribution in [0.4, 0.5) is 11.4 Å². The summed E-state index contributed by atoms with van der Waals surface area (Å²) in [6, 6.07) is 10.1. The molecule has 1 saturated heterocycles. The number of Topliss-reactive ketones (excluding diaryl/α,β-unsaturated/α-hetero) is 1. The number of amides is 2. The number of nitrogens with zero attached hydrogens (tertiary/aromatic N) is 2. The van der Waals surface area contributed by atoms with Crippen molar-refractivity contribution < 1.29 is 28.8 Å². The number of anilines is 1. The van der Waals surface area contributed by atoms with Crippen molar-refractivity contribution in [2.75, 3.05) is 11.5 Å². The number of benzene rings is 2. The number of imide groups is 1. The van der Waals surface area contributed by atoms with Crippen LogP contribution >= 0.6 is 0 Å². The first kappa shape index (κ1) is 21.7. The van der Waals surface area contributed by atoms with Gasteiger partial charge in [-0.05, 0) is 37.3 Å². The molecule has 4 atom stereocenters. The largest absolute Gasteiger partial charge is 0.454 e. The third-order valence-corrected chi connectivity index (χ3v) is 6.90. The van der Waals surface area contributed by atoms with E-state index in [1.54, 1.807) is 19.1 Å². The Kier molecular flexibility index (Phi) is 5.11. The summed E-state index contributed by atoms with van der Waals surface area (Å²) >= 11 is 0. The first-order chi connectivity index (χ1) is 16.3. The number of rotatable bonds is 6. The van der Waals surface area contributed by atoms with Crippen LogP contribution in [0.5, 0.6) is 0 Å². The van der Waals surface area contributed by atoms with Crippen LogP contribution < -0.4 is 4.90 Å². The Morgan fingerprint density at radius 1 is 1.06 bits per heavy atom. The molecule has 1 heterocycles. The molecule has 2 fully saturated rings. The van der Waals surface area contributed by atoms with Crippen LogP contribution in [-0.4, -0.2) is 35.1 Å². The summed E-state index contributed by atoms with van der Waals surface area (Å²) in [5.41, 5.74) is 0.365. The van der Waals surface area contributed by atoms with Gasteiger partial charge in [-0.2, -0.15) is 0 Å². The van der Waals surface area contributed by atoms with E-state index in [-0.39, 0.29) is 46.2 Å². The topological polar surface area (TPSA) is 124 Å². The maximum absolute atomic E-state index is 13.1. The standard InChI is InChI=1S/C25H20N2O7/c1-13-6-7-14(11-19(13)27(32)33)20(28)12-34-25(31)17-4-2-3-5-18(17)26-23(29)21-15-8-9-16(10-15)22(21)24(26)30/h2-9,11,15-16,21-22H,10,12H2,1H3. The molecule has 0 aromatic heterocycles. The number of para-hydroxylation sites is 1. The number of hydrogen-bond acceptors (Lipinski definition) is 7. The van der Waals surface area contributed by atoms with Crippen molar-refractivity contribution >= 4 is 34.9 Å². The number of allylic oxidation sites excluding steroid dienone is 2. The molecule has 2 aromatic carbocycles. The van der Waals surface area contributed by atoms with E-state index in [2.05, 4.69) is 0 Å². The van der Waals surface area contributed by atoms with Gasteiger partial charge in [-0.3, -0.25) is 24.5 Å². The lowest BCUT2D eigenvalue weighted by molar-refractivity contribution is -0.385. The zero-order chi connectivity index (χ0) is 24.1. The van der Waals surface area contributed by atoms with Gasteiger partial charge in [-0.25, -0.2) is 9.69 Å². The lowest BCUT2D eigenvalue weighted by atomic mass is 9.85. The summed E-state index contributed by atoms with van der Waals surface area (Å²) in [6.45, 7) is 0.911. The fourth-order valence-corrected chi connectivity index (χ4v) is 5.25. The van der Waals surface area contributed by atoms with Gasteiger partial charge in [0.05, 0.1) is 28.0 Å². The Morgan fingerprint density at radius 2 is 1.71 bits per heavy atom. The van der Waals surface area contributed by atoms with Gasteiger partial charge in [0.25, 0.3) is 5.69 Å². The predicted molar refractivity (Wildman–Crippen MR) is 119 cm³/mol. The van der Waals surface area contributed by atoms with Crippen LogP contribution in [0.25, 0.3) is 0 Å². The number of esters is 1. The van der Waals surface area contributed by atoms with Crippen LogP contribution in [-0.2, 0) is 14.3 Å². The average Bonchev–Trinajstić information content (AvgIpc) is 3.51. The minimum atomic E-state index is -0.871. The number of ether oxygens (including phenoxy) is 1. The zero-order valence-corrected chi connectivity index (χ0v) is 18.2. The maximum Gasteiger partial charge on any atom is 0.340 e. The van der Waals surface area contributed by atoms with Crippen molar-refractivity contribution in [3.05, 3.63) is 81.4 Å². The second-order valence-corrected chi connectivity index (χ2v) is 8.79. The molecular weight excluding hydrogens is 440 g/mol. The number of carbonyl (C=O) groups excluding carboxylic acids is 4. The van der Waals surface area contributed by atoms with Gasteiger partial charge < -0.3 is 4.74 Å². The Labute approximate surface area is 194 Å². The highest BCUT2D eigenvalue weighted by Crippen LogP contribution is 2.53. The minimum absolute atomic E-state index is 0.00725. The summed E-state index contributed by atoms with van der Waals surface area (Å²) in [4.78, 5) is 63.2. The van der Waals surface area contributed by atoms with Gasteiger partial charge in [-0.15, -0.1) is 0 Å². The molecule has 1 saturated carbocycles. The van der Waals surface area contributed by atoms with E-state index in [4.69, 9.17) is 4.74 Å². The van der Waals surface area contributed by atoms with Crippen molar-refractivity contribution in [1.29, 1.82) is 0 Å². The molecule has 9 heteroatoms. The van der Waals surface area contributed by atoms with Gasteiger partial charge in [0, 0.05) is 17.2 Å². The Bertz CT molecular complexity index is 1270. The number of fused-ring (bicyclic) bond motifs is 5. The van der Waals surface area contributed by atoms with E-state index >= 15 is 0 Å². The van der Waals surface area contributed by atoms with E-state index in [0.717, 1.165) is 17.4 Å². The summed E-state index contributed by atoms with van der Waals surface area (Å²) < 4.78 is 5.17. The van der Waals surface area contributed by atoms with E-state index in [9.17, 15) is 29.3 Å². The number of nitro groups is 1. The summed E-state index contributed by atoms with van der Waals surface area (Å²) in [6.07, 6.45) is 4.77. The molecule has 0 N–H and O–H groups in total. The molecule has 1 aliphatic heterocycles. The molecule has 0 spiro atoms. The van der Waals surface area contributed by atoms with Crippen LogP contribution in [0.3, 0.4) is 0 Å². The van der Waals surface area contributed by atoms with Crippen molar-refractivity contribution in [3.8, 4) is 0 Å². The Morgan fingerprint density at radius 3 is 2.35 bits per heavy atom. The van der Waals surface area contributed by atoms with E-state index in [1.165, 1.54) is 24.3 Å². The van der Waals surface area contributed by atoms with Gasteiger partial charge in [0.1, 0.15) is 0 Å². The number of carbonyl (C=O) groups is 4. The SMILES string of the molecule is Cc1ccc(C(=O)COC(=O)c2ccccc2N2C(=O)C3C4C=CC(C4)C3C2=O)cc1[N+](=O)[O-]. The molecule has 0 radical (unpaired) electrons. The molecule has 2 bridgehead atoms. The van der Waals surface area contributed by atoms with E-state index in [0.29, 0.717) is 5.56 Å². The molecule has 5 rings (SSSR count). The van der Waals surface area contributed by atoms with Crippen LogP contribution in [0.15, 0.2) is 54.6 Å². The Hall–Kier alpha value is -4.14. The molecular formula is C25H20N2O7. The third kappa shape index (κ3) is 3.32. The van der Waals surface area contributed by atoms with Crippen molar-refractivity contribution in [2.45, 2.75) is 13.3 Å². The van der Waals surface area contributed by atoms with Crippen LogP contribution in [0, 0.1) is 40.7 Å². The Balaban J connectivity index is 1.34.